The summed E-state index contributed by atoms with van der Waals surface area (Å²) in [6, 6.07) is 11.3. The van der Waals surface area contributed by atoms with E-state index in [2.05, 4.69) is 15.9 Å². The zero-order chi connectivity index (χ0) is 24.0. The van der Waals surface area contributed by atoms with E-state index in [-0.39, 0.29) is 29.2 Å². The van der Waals surface area contributed by atoms with Gasteiger partial charge < -0.3 is 9.80 Å². The molecule has 0 saturated carbocycles. The van der Waals surface area contributed by atoms with Gasteiger partial charge in [-0.05, 0) is 70.9 Å². The first-order valence-corrected chi connectivity index (χ1v) is 14.1. The lowest BCUT2D eigenvalue weighted by atomic mass is 9.98. The molecule has 9 heteroatoms. The number of anilines is 2. The van der Waals surface area contributed by atoms with E-state index >= 15 is 0 Å². The summed E-state index contributed by atoms with van der Waals surface area (Å²) in [6.45, 7) is 3.56. The molecular formula is C25H28BrN3O4S. The lowest BCUT2D eigenvalue weighted by Crippen LogP contribution is -2.46. The maximum atomic E-state index is 13.7. The van der Waals surface area contributed by atoms with Crippen LogP contribution in [0, 0.1) is 5.92 Å². The molecule has 3 aliphatic heterocycles. The van der Waals surface area contributed by atoms with E-state index in [1.807, 2.05) is 35.2 Å². The summed E-state index contributed by atoms with van der Waals surface area (Å²) >= 11 is 3.46. The Morgan fingerprint density at radius 2 is 1.74 bits per heavy atom. The molecule has 7 nitrogen and oxygen atoms in total. The summed E-state index contributed by atoms with van der Waals surface area (Å²) in [7, 11) is -3.84. The largest absolute Gasteiger partial charge is 0.312 e. The van der Waals surface area contributed by atoms with E-state index in [9.17, 15) is 18.0 Å². The number of rotatable bonds is 4. The molecule has 1 saturated heterocycles. The smallest absolute Gasteiger partial charge is 0.244 e. The molecular weight excluding hydrogens is 518 g/mol. The average Bonchev–Trinajstić information content (AvgIpc) is 3.46. The van der Waals surface area contributed by atoms with Crippen molar-refractivity contribution in [2.45, 2.75) is 43.9 Å². The highest BCUT2D eigenvalue weighted by atomic mass is 79.9. The van der Waals surface area contributed by atoms with Crippen LogP contribution < -0.4 is 9.80 Å². The fourth-order valence-corrected chi connectivity index (χ4v) is 7.92. The number of hydrogen-bond donors (Lipinski definition) is 0. The third-order valence-electron chi connectivity index (χ3n) is 7.14. The predicted octanol–water partition coefficient (Wildman–Crippen LogP) is 3.74. The molecule has 2 aromatic carbocycles. The monoisotopic (exact) mass is 545 g/mol. The Bertz CT molecular complexity index is 1260. The molecule has 0 bridgehead atoms. The molecule has 0 radical (unpaired) electrons. The molecule has 0 aromatic heterocycles. The third-order valence-corrected chi connectivity index (χ3v) is 9.96. The van der Waals surface area contributed by atoms with Gasteiger partial charge in [0, 0.05) is 48.4 Å². The van der Waals surface area contributed by atoms with Crippen molar-refractivity contribution in [1.29, 1.82) is 0 Å². The lowest BCUT2D eigenvalue weighted by molar-refractivity contribution is -0.123. The molecule has 2 amide bonds. The van der Waals surface area contributed by atoms with E-state index in [0.29, 0.717) is 55.5 Å². The fourth-order valence-electron chi connectivity index (χ4n) is 5.32. The Morgan fingerprint density at radius 1 is 1.00 bits per heavy atom. The van der Waals surface area contributed by atoms with Gasteiger partial charge >= 0.3 is 0 Å². The molecule has 0 aliphatic carbocycles. The van der Waals surface area contributed by atoms with Gasteiger partial charge in [0.15, 0.2) is 0 Å². The quantitative estimate of drug-likeness (QED) is 0.586. The standard InChI is InChI=1S/C25H28BrN3O4S/c1-2-24(30)28-12-10-18-14-20(26)23(15-22(18)28)34(32,33)27-11-5-7-19(16-27)25(31)29-13-9-17-6-3-4-8-21(17)29/h3-4,6,8,14-15,19H,2,5,7,9-13,16H2,1H3. The summed E-state index contributed by atoms with van der Waals surface area (Å²) in [5.74, 6) is -0.391. The van der Waals surface area contributed by atoms with Gasteiger partial charge in [0.25, 0.3) is 0 Å². The van der Waals surface area contributed by atoms with Crippen molar-refractivity contribution in [2.75, 3.05) is 36.0 Å². The highest BCUT2D eigenvalue weighted by Gasteiger charge is 2.38. The second-order valence-corrected chi connectivity index (χ2v) is 11.9. The highest BCUT2D eigenvalue weighted by Crippen LogP contribution is 2.38. The number of fused-ring (bicyclic) bond motifs is 2. The zero-order valence-electron chi connectivity index (χ0n) is 19.2. The summed E-state index contributed by atoms with van der Waals surface area (Å²) in [4.78, 5) is 29.4. The van der Waals surface area contributed by atoms with E-state index < -0.39 is 10.0 Å². The molecule has 2 aromatic rings. The van der Waals surface area contributed by atoms with Gasteiger partial charge in [-0.25, -0.2) is 8.42 Å². The van der Waals surface area contributed by atoms with Crippen LogP contribution in [0.5, 0.6) is 0 Å². The Kier molecular flexibility index (Phi) is 6.29. The second kappa shape index (κ2) is 9.09. The summed E-state index contributed by atoms with van der Waals surface area (Å²) in [5.41, 5.74) is 3.73. The first-order valence-electron chi connectivity index (χ1n) is 11.8. The van der Waals surface area contributed by atoms with Crippen LogP contribution in [0.2, 0.25) is 0 Å². The first-order chi connectivity index (χ1) is 16.3. The summed E-state index contributed by atoms with van der Waals surface area (Å²) < 4.78 is 29.4. The molecule has 34 heavy (non-hydrogen) atoms. The lowest BCUT2D eigenvalue weighted by Gasteiger charge is -2.33. The first kappa shape index (κ1) is 23.5. The van der Waals surface area contributed by atoms with E-state index in [1.54, 1.807) is 17.9 Å². The number of nitrogens with zero attached hydrogens (tertiary/aromatic N) is 3. The number of amides is 2. The maximum absolute atomic E-state index is 13.7. The van der Waals surface area contributed by atoms with Crippen LogP contribution in [0.4, 0.5) is 11.4 Å². The third kappa shape index (κ3) is 3.97. The summed E-state index contributed by atoms with van der Waals surface area (Å²) in [6.07, 6.45) is 3.21. The van der Waals surface area contributed by atoms with Crippen LogP contribution in [0.3, 0.4) is 0 Å². The van der Waals surface area contributed by atoms with Crippen molar-refractivity contribution in [2.24, 2.45) is 5.92 Å². The van der Waals surface area contributed by atoms with Crippen molar-refractivity contribution < 1.29 is 18.0 Å². The molecule has 5 rings (SSSR count). The van der Waals surface area contributed by atoms with Gasteiger partial charge in [-0.3, -0.25) is 9.59 Å². The molecule has 0 N–H and O–H groups in total. The molecule has 1 unspecified atom stereocenters. The van der Waals surface area contributed by atoms with E-state index in [0.717, 1.165) is 23.2 Å². The molecule has 1 fully saturated rings. The number of benzene rings is 2. The highest BCUT2D eigenvalue weighted by molar-refractivity contribution is 9.10. The Morgan fingerprint density at radius 3 is 2.53 bits per heavy atom. The van der Waals surface area contributed by atoms with Gasteiger partial charge in [0.05, 0.1) is 10.8 Å². The molecule has 0 spiro atoms. The topological polar surface area (TPSA) is 78.0 Å². The Labute approximate surface area is 208 Å². The number of carbonyl (C=O) groups is 2. The number of para-hydroxylation sites is 1. The van der Waals surface area contributed by atoms with Gasteiger partial charge in [-0.15, -0.1) is 0 Å². The van der Waals surface area contributed by atoms with Crippen LogP contribution in [0.1, 0.15) is 37.3 Å². The predicted molar refractivity (Wildman–Crippen MR) is 134 cm³/mol. The number of piperidine rings is 1. The minimum absolute atomic E-state index is 0.00223. The molecule has 180 valence electrons. The number of sulfonamides is 1. The average molecular weight is 546 g/mol. The van der Waals surface area contributed by atoms with E-state index in [4.69, 9.17) is 0 Å². The van der Waals surface area contributed by atoms with Crippen LogP contribution >= 0.6 is 15.9 Å². The van der Waals surface area contributed by atoms with Gasteiger partial charge in [-0.1, -0.05) is 25.1 Å². The van der Waals surface area contributed by atoms with E-state index in [1.165, 1.54) is 4.31 Å². The molecule has 3 heterocycles. The second-order valence-electron chi connectivity index (χ2n) is 9.13. The minimum atomic E-state index is -3.84. The normalized spacial score (nSPS) is 20.4. The maximum Gasteiger partial charge on any atom is 0.244 e. The number of halogens is 1. The van der Waals surface area contributed by atoms with Crippen LogP contribution in [0.15, 0.2) is 45.8 Å². The van der Waals surface area contributed by atoms with Gasteiger partial charge in [-0.2, -0.15) is 4.31 Å². The van der Waals surface area contributed by atoms with Crippen LogP contribution in [0.25, 0.3) is 0 Å². The molecule has 3 aliphatic rings. The van der Waals surface area contributed by atoms with Crippen LogP contribution in [-0.2, 0) is 32.5 Å². The van der Waals surface area contributed by atoms with Crippen LogP contribution in [-0.4, -0.2) is 50.7 Å². The number of hydrogen-bond acceptors (Lipinski definition) is 4. The Hall–Kier alpha value is -2.23. The van der Waals surface area contributed by atoms with Crippen molar-refractivity contribution in [3.8, 4) is 0 Å². The fraction of sp³-hybridized carbons (Fsp3) is 0.440. The van der Waals surface area contributed by atoms with Crippen molar-refractivity contribution in [3.63, 3.8) is 0 Å². The van der Waals surface area contributed by atoms with Gasteiger partial charge in [0.1, 0.15) is 0 Å². The molecule has 1 atom stereocenters. The summed E-state index contributed by atoms with van der Waals surface area (Å²) in [5, 5.41) is 0. The number of carbonyl (C=O) groups excluding carboxylic acids is 2. The van der Waals surface area contributed by atoms with Crippen molar-refractivity contribution >= 4 is 49.1 Å². The SMILES string of the molecule is CCC(=O)N1CCc2cc(Br)c(S(=O)(=O)N3CCCC(C(=O)N4CCc5ccccc54)C3)cc21. The van der Waals surface area contributed by atoms with Crippen molar-refractivity contribution in [3.05, 3.63) is 52.0 Å². The zero-order valence-corrected chi connectivity index (χ0v) is 21.6. The van der Waals surface area contributed by atoms with Crippen molar-refractivity contribution in [1.82, 2.24) is 4.31 Å². The Balaban J connectivity index is 1.40. The minimum Gasteiger partial charge on any atom is -0.312 e. The van der Waals surface area contributed by atoms with Gasteiger partial charge in [0.2, 0.25) is 21.8 Å².